The van der Waals surface area contributed by atoms with Crippen LogP contribution < -0.4 is 10.6 Å². The molecule has 0 radical (unpaired) electrons. The highest BCUT2D eigenvalue weighted by Gasteiger charge is 2.39. The average molecular weight is 454 g/mol. The number of carboxylic acids is 1. The Labute approximate surface area is 200 Å². The minimum absolute atomic E-state index is 0.0559. The summed E-state index contributed by atoms with van der Waals surface area (Å²) in [6.07, 6.45) is 2.26. The first-order valence-electron chi connectivity index (χ1n) is 11.7. The second kappa shape index (κ2) is 7.45. The van der Waals surface area contributed by atoms with Gasteiger partial charge in [-0.25, -0.2) is 9.79 Å². The Morgan fingerprint density at radius 3 is 2.15 bits per heavy atom. The maximum absolute atomic E-state index is 11.4. The van der Waals surface area contributed by atoms with Gasteiger partial charge in [0, 0.05) is 23.9 Å². The number of aliphatic imine (C=N–C) groups is 1. The molecule has 174 valence electrons. The van der Waals surface area contributed by atoms with Gasteiger partial charge in [-0.3, -0.25) is 0 Å². The van der Waals surface area contributed by atoms with Gasteiger partial charge in [0.2, 0.25) is 0 Å². The number of hydrogen-bond donors (Lipinski definition) is 2. The molecular formula is C29H31N3O2. The van der Waals surface area contributed by atoms with Crippen molar-refractivity contribution in [2.75, 3.05) is 17.7 Å². The second-order valence-corrected chi connectivity index (χ2v) is 10.8. The first-order valence-corrected chi connectivity index (χ1v) is 11.7. The van der Waals surface area contributed by atoms with Crippen LogP contribution in [-0.4, -0.2) is 23.8 Å². The zero-order chi connectivity index (χ0) is 24.4. The van der Waals surface area contributed by atoms with E-state index in [0.29, 0.717) is 5.69 Å². The normalized spacial score (nSPS) is 17.7. The SMILES string of the molecule is CN1c2ccc(N)cc2N=C(c2ccc(C(=O)O)cc2)c2cc3c(cc21)C(C)(C)CCC3(C)C. The summed E-state index contributed by atoms with van der Waals surface area (Å²) in [5, 5.41) is 9.37. The fourth-order valence-electron chi connectivity index (χ4n) is 5.28. The summed E-state index contributed by atoms with van der Waals surface area (Å²) in [6, 6.07) is 17.5. The molecule has 0 spiro atoms. The van der Waals surface area contributed by atoms with Crippen molar-refractivity contribution in [2.45, 2.75) is 51.4 Å². The molecule has 0 bridgehead atoms. The minimum atomic E-state index is -0.939. The zero-order valence-electron chi connectivity index (χ0n) is 20.4. The molecular weight excluding hydrogens is 422 g/mol. The third-order valence-corrected chi connectivity index (χ3v) is 7.58. The highest BCUT2D eigenvalue weighted by Crippen LogP contribution is 2.50. The summed E-state index contributed by atoms with van der Waals surface area (Å²) < 4.78 is 0. The van der Waals surface area contributed by atoms with E-state index in [0.717, 1.165) is 46.7 Å². The highest BCUT2D eigenvalue weighted by molar-refractivity contribution is 6.19. The van der Waals surface area contributed by atoms with Gasteiger partial charge in [-0.05, 0) is 77.3 Å². The number of aromatic carboxylic acids is 1. The maximum Gasteiger partial charge on any atom is 0.335 e. The molecule has 0 fully saturated rings. The van der Waals surface area contributed by atoms with Crippen molar-refractivity contribution in [2.24, 2.45) is 4.99 Å². The van der Waals surface area contributed by atoms with Crippen molar-refractivity contribution in [1.82, 2.24) is 0 Å². The number of hydrogen-bond acceptors (Lipinski definition) is 4. The van der Waals surface area contributed by atoms with E-state index < -0.39 is 5.97 Å². The molecule has 0 amide bonds. The number of benzene rings is 3. The average Bonchev–Trinajstić information content (AvgIpc) is 2.90. The molecule has 34 heavy (non-hydrogen) atoms. The van der Waals surface area contributed by atoms with Crippen LogP contribution >= 0.6 is 0 Å². The third kappa shape index (κ3) is 3.47. The lowest BCUT2D eigenvalue weighted by Crippen LogP contribution is -2.34. The van der Waals surface area contributed by atoms with Gasteiger partial charge in [-0.15, -0.1) is 0 Å². The van der Waals surface area contributed by atoms with Crippen molar-refractivity contribution in [3.8, 4) is 0 Å². The summed E-state index contributed by atoms with van der Waals surface area (Å²) in [7, 11) is 2.08. The van der Waals surface area contributed by atoms with Crippen LogP contribution in [0.2, 0.25) is 0 Å². The van der Waals surface area contributed by atoms with Crippen LogP contribution in [0.1, 0.15) is 73.1 Å². The lowest BCUT2D eigenvalue weighted by molar-refractivity contribution is 0.0697. The predicted molar refractivity (Wildman–Crippen MR) is 139 cm³/mol. The van der Waals surface area contributed by atoms with E-state index in [4.69, 9.17) is 10.7 Å². The minimum Gasteiger partial charge on any atom is -0.478 e. The molecule has 1 aliphatic heterocycles. The lowest BCUT2D eigenvalue weighted by Gasteiger charge is -2.43. The standard InChI is InChI=1S/C29H31N3O2/c1-28(2)12-13-29(3,4)22-16-25-20(15-21(22)28)26(17-6-8-18(9-7-17)27(33)34)31-23-14-19(30)10-11-24(23)32(25)5/h6-11,14-16H,12-13,30H2,1-5H3,(H,33,34). The van der Waals surface area contributed by atoms with E-state index in [1.807, 2.05) is 30.3 Å². The highest BCUT2D eigenvalue weighted by atomic mass is 16.4. The molecule has 0 aromatic heterocycles. The van der Waals surface area contributed by atoms with Gasteiger partial charge in [-0.1, -0.05) is 39.8 Å². The topological polar surface area (TPSA) is 78.9 Å². The van der Waals surface area contributed by atoms with Crippen molar-refractivity contribution in [1.29, 1.82) is 0 Å². The van der Waals surface area contributed by atoms with Crippen LogP contribution in [0.4, 0.5) is 22.7 Å². The Balaban J connectivity index is 1.83. The molecule has 1 heterocycles. The molecule has 5 heteroatoms. The van der Waals surface area contributed by atoms with Crippen LogP contribution in [0.3, 0.4) is 0 Å². The third-order valence-electron chi connectivity index (χ3n) is 7.58. The molecule has 1 aliphatic carbocycles. The van der Waals surface area contributed by atoms with E-state index >= 15 is 0 Å². The fraction of sp³-hybridized carbons (Fsp3) is 0.310. The predicted octanol–water partition coefficient (Wildman–Crippen LogP) is 6.57. The monoisotopic (exact) mass is 453 g/mol. The lowest BCUT2D eigenvalue weighted by atomic mass is 9.62. The molecule has 5 rings (SSSR count). The molecule has 3 aromatic carbocycles. The molecule has 2 aliphatic rings. The van der Waals surface area contributed by atoms with Crippen LogP contribution in [0, 0.1) is 0 Å². The summed E-state index contributed by atoms with van der Waals surface area (Å²) in [4.78, 5) is 18.7. The number of carbonyl (C=O) groups is 1. The largest absolute Gasteiger partial charge is 0.478 e. The van der Waals surface area contributed by atoms with Gasteiger partial charge in [0.25, 0.3) is 0 Å². The van der Waals surface area contributed by atoms with Crippen LogP contribution in [0.5, 0.6) is 0 Å². The maximum atomic E-state index is 11.4. The molecule has 0 unspecified atom stereocenters. The van der Waals surface area contributed by atoms with Gasteiger partial charge in [0.15, 0.2) is 0 Å². The first kappa shape index (κ1) is 22.2. The van der Waals surface area contributed by atoms with Gasteiger partial charge in [0.1, 0.15) is 0 Å². The number of carboxylic acid groups (broad SMARTS) is 1. The van der Waals surface area contributed by atoms with E-state index in [9.17, 15) is 9.90 Å². The molecule has 0 saturated carbocycles. The number of nitrogens with zero attached hydrogens (tertiary/aromatic N) is 2. The number of anilines is 3. The zero-order valence-corrected chi connectivity index (χ0v) is 20.4. The summed E-state index contributed by atoms with van der Waals surface area (Å²) in [5.41, 5.74) is 15.6. The van der Waals surface area contributed by atoms with Crippen molar-refractivity contribution < 1.29 is 9.90 Å². The van der Waals surface area contributed by atoms with Crippen LogP contribution in [0.15, 0.2) is 59.6 Å². The first-order chi connectivity index (χ1) is 16.0. The fourth-order valence-corrected chi connectivity index (χ4v) is 5.28. The van der Waals surface area contributed by atoms with E-state index in [-0.39, 0.29) is 16.4 Å². The van der Waals surface area contributed by atoms with Crippen molar-refractivity contribution in [3.63, 3.8) is 0 Å². The van der Waals surface area contributed by atoms with Gasteiger partial charge in [0.05, 0.1) is 28.3 Å². The summed E-state index contributed by atoms with van der Waals surface area (Å²) in [6.45, 7) is 9.31. The van der Waals surface area contributed by atoms with Crippen LogP contribution in [-0.2, 0) is 10.8 Å². The Hall–Kier alpha value is -3.60. The second-order valence-electron chi connectivity index (χ2n) is 10.8. The van der Waals surface area contributed by atoms with Gasteiger partial charge >= 0.3 is 5.97 Å². The summed E-state index contributed by atoms with van der Waals surface area (Å²) >= 11 is 0. The number of nitrogen functional groups attached to an aromatic ring is 1. The number of fused-ring (bicyclic) bond motifs is 3. The van der Waals surface area contributed by atoms with Gasteiger partial charge < -0.3 is 15.7 Å². The van der Waals surface area contributed by atoms with E-state index in [1.54, 1.807) is 12.1 Å². The molecule has 3 aromatic rings. The van der Waals surface area contributed by atoms with E-state index in [1.165, 1.54) is 11.1 Å². The van der Waals surface area contributed by atoms with Gasteiger partial charge in [-0.2, -0.15) is 0 Å². The van der Waals surface area contributed by atoms with Crippen molar-refractivity contribution >= 4 is 34.4 Å². The Morgan fingerprint density at radius 2 is 1.53 bits per heavy atom. The Bertz CT molecular complexity index is 1350. The molecule has 0 saturated heterocycles. The summed E-state index contributed by atoms with van der Waals surface area (Å²) in [5.74, 6) is -0.939. The van der Waals surface area contributed by atoms with Crippen LogP contribution in [0.25, 0.3) is 0 Å². The smallest absolute Gasteiger partial charge is 0.335 e. The molecule has 5 nitrogen and oxygen atoms in total. The molecule has 3 N–H and O–H groups in total. The number of rotatable bonds is 2. The van der Waals surface area contributed by atoms with E-state index in [2.05, 4.69) is 51.8 Å². The van der Waals surface area contributed by atoms with Crippen molar-refractivity contribution in [3.05, 3.63) is 82.4 Å². The molecule has 0 atom stereocenters. The Kier molecular flexibility index (Phi) is 4.87. The Morgan fingerprint density at radius 1 is 0.912 bits per heavy atom. The number of nitrogens with two attached hydrogens (primary N) is 1. The quantitative estimate of drug-likeness (QED) is 0.430.